The lowest BCUT2D eigenvalue weighted by atomic mass is 9.85. The van der Waals surface area contributed by atoms with Crippen LogP contribution in [0.5, 0.6) is 0 Å². The third kappa shape index (κ3) is 4.82. The van der Waals surface area contributed by atoms with Gasteiger partial charge < -0.3 is 21.1 Å². The van der Waals surface area contributed by atoms with Gasteiger partial charge in [0, 0.05) is 30.7 Å². The Morgan fingerprint density at radius 2 is 2.00 bits per heavy atom. The van der Waals surface area contributed by atoms with Crippen molar-refractivity contribution in [2.24, 2.45) is 11.7 Å². The van der Waals surface area contributed by atoms with Crippen LogP contribution in [0.2, 0.25) is 0 Å². The summed E-state index contributed by atoms with van der Waals surface area (Å²) in [4.78, 5) is 30.7. The second kappa shape index (κ2) is 8.03. The molecule has 2 aliphatic rings. The second-order valence-electron chi connectivity index (χ2n) is 7.58. The van der Waals surface area contributed by atoms with Crippen molar-refractivity contribution in [2.45, 2.75) is 57.0 Å². The normalized spacial score (nSPS) is 24.8. The maximum Gasteiger partial charge on any atom is 0.329 e. The molecule has 0 spiro atoms. The molecule has 0 atom stereocenters. The van der Waals surface area contributed by atoms with E-state index in [0.717, 1.165) is 12.8 Å². The zero-order valence-electron chi connectivity index (χ0n) is 15.4. The molecule has 1 saturated carbocycles. The average Bonchev–Trinajstić information content (AvgIpc) is 2.62. The van der Waals surface area contributed by atoms with Crippen LogP contribution in [0.15, 0.2) is 6.20 Å². The van der Waals surface area contributed by atoms with Gasteiger partial charge in [-0.05, 0) is 45.4 Å². The van der Waals surface area contributed by atoms with Crippen LogP contribution in [0.1, 0.15) is 45.4 Å². The van der Waals surface area contributed by atoms with Crippen molar-refractivity contribution in [1.82, 2.24) is 9.97 Å². The summed E-state index contributed by atoms with van der Waals surface area (Å²) in [6.07, 6.45) is 5.64. The summed E-state index contributed by atoms with van der Waals surface area (Å²) in [5, 5.41) is 17.8. The van der Waals surface area contributed by atoms with Crippen molar-refractivity contribution in [3.63, 3.8) is 0 Å². The summed E-state index contributed by atoms with van der Waals surface area (Å²) in [6, 6.07) is 0.0146. The van der Waals surface area contributed by atoms with Gasteiger partial charge in [-0.2, -0.15) is 4.98 Å². The number of nitrogens with zero attached hydrogens (tertiary/aromatic N) is 3. The van der Waals surface area contributed by atoms with E-state index in [9.17, 15) is 14.9 Å². The summed E-state index contributed by atoms with van der Waals surface area (Å²) >= 11 is 0. The molecular weight excluding hydrogens is 352 g/mol. The molecule has 27 heavy (non-hydrogen) atoms. The van der Waals surface area contributed by atoms with Gasteiger partial charge in [0.15, 0.2) is 0 Å². The topological polar surface area (TPSA) is 145 Å². The van der Waals surface area contributed by atoms with Crippen molar-refractivity contribution in [3.05, 3.63) is 16.3 Å². The fourth-order valence-corrected chi connectivity index (χ4v) is 3.61. The summed E-state index contributed by atoms with van der Waals surface area (Å²) in [5.74, 6) is 0.167. The summed E-state index contributed by atoms with van der Waals surface area (Å²) < 4.78 is 5.39. The first kappa shape index (κ1) is 19.3. The number of hydrogen-bond donors (Lipinski definition) is 3. The van der Waals surface area contributed by atoms with Crippen LogP contribution in [-0.2, 0) is 9.53 Å². The van der Waals surface area contributed by atoms with Gasteiger partial charge in [-0.1, -0.05) is 0 Å². The Balaban J connectivity index is 1.72. The number of nitrogens with one attached hydrogen (secondary N) is 2. The number of aromatic nitrogens is 2. The molecule has 3 rings (SSSR count). The van der Waals surface area contributed by atoms with Crippen molar-refractivity contribution in [3.8, 4) is 0 Å². The predicted octanol–water partition coefficient (Wildman–Crippen LogP) is 1.82. The van der Waals surface area contributed by atoms with Gasteiger partial charge in [0.25, 0.3) is 0 Å². The first-order valence-corrected chi connectivity index (χ1v) is 9.29. The molecule has 0 bridgehead atoms. The number of amides is 1. The number of ether oxygens (including phenoxy) is 1. The Morgan fingerprint density at radius 3 is 2.59 bits per heavy atom. The smallest absolute Gasteiger partial charge is 0.329 e. The zero-order valence-corrected chi connectivity index (χ0v) is 15.4. The number of rotatable bonds is 6. The second-order valence-corrected chi connectivity index (χ2v) is 7.58. The maximum atomic E-state index is 11.4. The molecular formula is C17H26N6O4. The Morgan fingerprint density at radius 1 is 1.33 bits per heavy atom. The van der Waals surface area contributed by atoms with Gasteiger partial charge in [-0.25, -0.2) is 4.98 Å². The van der Waals surface area contributed by atoms with E-state index in [0.29, 0.717) is 44.8 Å². The van der Waals surface area contributed by atoms with Gasteiger partial charge in [0.2, 0.25) is 17.7 Å². The first-order valence-electron chi connectivity index (χ1n) is 9.29. The molecule has 4 N–H and O–H groups in total. The summed E-state index contributed by atoms with van der Waals surface area (Å²) in [6.45, 7) is 3.38. The van der Waals surface area contributed by atoms with Crippen LogP contribution in [0.4, 0.5) is 17.5 Å². The van der Waals surface area contributed by atoms with E-state index in [4.69, 9.17) is 10.5 Å². The van der Waals surface area contributed by atoms with E-state index in [-0.39, 0.29) is 34.9 Å². The van der Waals surface area contributed by atoms with E-state index in [1.54, 1.807) is 0 Å². The lowest BCUT2D eigenvalue weighted by Crippen LogP contribution is -2.41. The fourth-order valence-electron chi connectivity index (χ4n) is 3.61. The van der Waals surface area contributed by atoms with Crippen LogP contribution >= 0.6 is 0 Å². The number of primary amides is 1. The fraction of sp³-hybridized carbons (Fsp3) is 0.706. The Kier molecular flexibility index (Phi) is 5.73. The Labute approximate surface area is 157 Å². The van der Waals surface area contributed by atoms with E-state index in [1.165, 1.54) is 6.20 Å². The number of nitro groups is 1. The van der Waals surface area contributed by atoms with Gasteiger partial charge >= 0.3 is 5.69 Å². The van der Waals surface area contributed by atoms with Crippen molar-refractivity contribution in [1.29, 1.82) is 0 Å². The average molecular weight is 378 g/mol. The highest BCUT2D eigenvalue weighted by Gasteiger charge is 2.30. The SMILES string of the molecule is CC1(Nc2ncc([N+](=O)[O-])c(N[C@H]3CC[C@H](C(N)=O)CC3)n2)CCOCC1. The van der Waals surface area contributed by atoms with Crippen LogP contribution in [0.3, 0.4) is 0 Å². The predicted molar refractivity (Wildman–Crippen MR) is 99.3 cm³/mol. The molecule has 2 heterocycles. The number of carbonyl (C=O) groups is 1. The molecule has 148 valence electrons. The van der Waals surface area contributed by atoms with Gasteiger partial charge in [0.1, 0.15) is 6.20 Å². The molecule has 0 aromatic carbocycles. The molecule has 0 radical (unpaired) electrons. The molecule has 10 nitrogen and oxygen atoms in total. The van der Waals surface area contributed by atoms with E-state index in [1.807, 2.05) is 0 Å². The van der Waals surface area contributed by atoms with Crippen molar-refractivity contribution < 1.29 is 14.5 Å². The first-order chi connectivity index (χ1) is 12.9. The molecule has 1 aliphatic carbocycles. The monoisotopic (exact) mass is 378 g/mol. The van der Waals surface area contributed by atoms with Crippen molar-refractivity contribution >= 4 is 23.4 Å². The summed E-state index contributed by atoms with van der Waals surface area (Å²) in [5.41, 5.74) is 5.00. The number of nitrogens with two attached hydrogens (primary N) is 1. The molecule has 1 aromatic rings. The summed E-state index contributed by atoms with van der Waals surface area (Å²) in [7, 11) is 0. The highest BCUT2D eigenvalue weighted by molar-refractivity contribution is 5.76. The van der Waals surface area contributed by atoms with Gasteiger partial charge in [-0.15, -0.1) is 0 Å². The molecule has 0 unspecified atom stereocenters. The minimum Gasteiger partial charge on any atom is -0.381 e. The van der Waals surface area contributed by atoms with E-state index >= 15 is 0 Å². The quantitative estimate of drug-likeness (QED) is 0.502. The maximum absolute atomic E-state index is 11.4. The highest BCUT2D eigenvalue weighted by atomic mass is 16.6. The minimum atomic E-state index is -0.489. The molecule has 1 amide bonds. The molecule has 2 fully saturated rings. The Hall–Kier alpha value is -2.49. The Bertz CT molecular complexity index is 699. The third-order valence-electron chi connectivity index (χ3n) is 5.45. The number of carbonyl (C=O) groups excluding carboxylic acids is 1. The third-order valence-corrected chi connectivity index (χ3v) is 5.45. The number of anilines is 2. The van der Waals surface area contributed by atoms with E-state index in [2.05, 4.69) is 27.5 Å². The minimum absolute atomic E-state index is 0.0146. The molecule has 10 heteroatoms. The van der Waals surface area contributed by atoms with Crippen LogP contribution in [0.25, 0.3) is 0 Å². The molecule has 1 saturated heterocycles. The largest absolute Gasteiger partial charge is 0.381 e. The van der Waals surface area contributed by atoms with Gasteiger partial charge in [0.05, 0.1) is 4.92 Å². The van der Waals surface area contributed by atoms with Crippen LogP contribution in [0, 0.1) is 16.0 Å². The van der Waals surface area contributed by atoms with Crippen LogP contribution < -0.4 is 16.4 Å². The van der Waals surface area contributed by atoms with E-state index < -0.39 is 4.92 Å². The molecule has 1 aliphatic heterocycles. The lowest BCUT2D eigenvalue weighted by Gasteiger charge is -2.34. The van der Waals surface area contributed by atoms with Crippen LogP contribution in [-0.4, -0.2) is 45.6 Å². The zero-order chi connectivity index (χ0) is 19.4. The van der Waals surface area contributed by atoms with Crippen molar-refractivity contribution in [2.75, 3.05) is 23.8 Å². The highest BCUT2D eigenvalue weighted by Crippen LogP contribution is 2.30. The number of hydrogen-bond acceptors (Lipinski definition) is 8. The molecule has 1 aromatic heterocycles. The standard InChI is InChI=1S/C17H26N6O4/c1-17(6-8-27-9-7-17)22-16-19-10-13(23(25)26)15(21-16)20-12-4-2-11(3-5-12)14(18)24/h10-12H,2-9H2,1H3,(H2,18,24)(H2,19,20,21,22)/t11-,12-. The lowest BCUT2D eigenvalue weighted by molar-refractivity contribution is -0.384. The van der Waals surface area contributed by atoms with Gasteiger partial charge in [-0.3, -0.25) is 14.9 Å².